The van der Waals surface area contributed by atoms with Gasteiger partial charge in [-0.15, -0.1) is 0 Å². The van der Waals surface area contributed by atoms with Gasteiger partial charge in [-0.3, -0.25) is 0 Å². The quantitative estimate of drug-likeness (QED) is 0.729. The fourth-order valence-corrected chi connectivity index (χ4v) is 1.35. The van der Waals surface area contributed by atoms with E-state index in [-0.39, 0.29) is 0 Å². The van der Waals surface area contributed by atoms with Gasteiger partial charge in [0.1, 0.15) is 17.1 Å². The standard InChI is InChI=1S/C11H17NO4/c1-7(13)5-12-6-9-4-10(8(2)16-9)11(14)15-3/h4,7,12-13H,5-6H2,1-3H3/t7-/m1/s1. The number of rotatable bonds is 5. The lowest BCUT2D eigenvalue weighted by Gasteiger charge is -2.03. The van der Waals surface area contributed by atoms with Gasteiger partial charge < -0.3 is 19.6 Å². The first kappa shape index (κ1) is 12.7. The number of carbonyl (C=O) groups excluding carboxylic acids is 1. The van der Waals surface area contributed by atoms with Crippen LogP contribution in [0, 0.1) is 6.92 Å². The molecule has 5 heteroatoms. The second kappa shape index (κ2) is 5.67. The van der Waals surface area contributed by atoms with Gasteiger partial charge in [0.25, 0.3) is 0 Å². The Kier molecular flexibility index (Phi) is 4.52. The predicted octanol–water partition coefficient (Wildman–Crippen LogP) is 0.845. The molecule has 1 rings (SSSR count). The monoisotopic (exact) mass is 227 g/mol. The van der Waals surface area contributed by atoms with Crippen LogP contribution in [0.3, 0.4) is 0 Å². The molecule has 0 aliphatic rings. The molecule has 0 aliphatic carbocycles. The van der Waals surface area contributed by atoms with Crippen molar-refractivity contribution in [2.45, 2.75) is 26.5 Å². The highest BCUT2D eigenvalue weighted by Crippen LogP contribution is 2.15. The molecule has 0 aromatic carbocycles. The summed E-state index contributed by atoms with van der Waals surface area (Å²) in [7, 11) is 1.33. The van der Waals surface area contributed by atoms with Crippen LogP contribution in [0.15, 0.2) is 10.5 Å². The minimum atomic E-state index is -0.406. The zero-order valence-corrected chi connectivity index (χ0v) is 9.74. The van der Waals surface area contributed by atoms with E-state index in [0.29, 0.717) is 30.2 Å². The Balaban J connectivity index is 2.59. The largest absolute Gasteiger partial charge is 0.465 e. The SMILES string of the molecule is COC(=O)c1cc(CNC[C@@H](C)O)oc1C. The molecule has 1 heterocycles. The van der Waals surface area contributed by atoms with E-state index in [1.807, 2.05) is 0 Å². The number of aryl methyl sites for hydroxylation is 1. The van der Waals surface area contributed by atoms with Gasteiger partial charge in [0.05, 0.1) is 19.8 Å². The lowest BCUT2D eigenvalue weighted by molar-refractivity contribution is 0.0599. The zero-order valence-electron chi connectivity index (χ0n) is 9.74. The number of hydrogen-bond donors (Lipinski definition) is 2. The van der Waals surface area contributed by atoms with Crippen molar-refractivity contribution < 1.29 is 19.1 Å². The summed E-state index contributed by atoms with van der Waals surface area (Å²) in [5, 5.41) is 12.1. The maximum atomic E-state index is 11.3. The molecular weight excluding hydrogens is 210 g/mol. The van der Waals surface area contributed by atoms with E-state index < -0.39 is 12.1 Å². The van der Waals surface area contributed by atoms with Gasteiger partial charge >= 0.3 is 5.97 Å². The number of aliphatic hydroxyl groups excluding tert-OH is 1. The van der Waals surface area contributed by atoms with Crippen LogP contribution in [-0.4, -0.2) is 30.8 Å². The van der Waals surface area contributed by atoms with Crippen LogP contribution in [0.25, 0.3) is 0 Å². The van der Waals surface area contributed by atoms with Crippen molar-refractivity contribution in [3.05, 3.63) is 23.2 Å². The molecule has 1 aromatic heterocycles. The van der Waals surface area contributed by atoms with Gasteiger partial charge in [-0.05, 0) is 19.9 Å². The molecule has 0 amide bonds. The van der Waals surface area contributed by atoms with Gasteiger partial charge in [0.15, 0.2) is 0 Å². The third-order valence-corrected chi connectivity index (χ3v) is 2.11. The van der Waals surface area contributed by atoms with Crippen LogP contribution < -0.4 is 5.32 Å². The molecule has 0 saturated carbocycles. The number of hydrogen-bond acceptors (Lipinski definition) is 5. The van der Waals surface area contributed by atoms with Gasteiger partial charge in [0, 0.05) is 6.54 Å². The topological polar surface area (TPSA) is 71.7 Å². The molecule has 0 radical (unpaired) electrons. The molecular formula is C11H17NO4. The average Bonchev–Trinajstić information content (AvgIpc) is 2.58. The zero-order chi connectivity index (χ0) is 12.1. The third-order valence-electron chi connectivity index (χ3n) is 2.11. The normalized spacial score (nSPS) is 12.5. The lowest BCUT2D eigenvalue weighted by Crippen LogP contribution is -2.23. The first-order valence-corrected chi connectivity index (χ1v) is 5.11. The maximum Gasteiger partial charge on any atom is 0.341 e. The third kappa shape index (κ3) is 3.36. The van der Waals surface area contributed by atoms with Crippen LogP contribution >= 0.6 is 0 Å². The Morgan fingerprint density at radius 2 is 2.38 bits per heavy atom. The number of ether oxygens (including phenoxy) is 1. The summed E-state index contributed by atoms with van der Waals surface area (Å²) in [6.07, 6.45) is -0.406. The summed E-state index contributed by atoms with van der Waals surface area (Å²) >= 11 is 0. The molecule has 0 unspecified atom stereocenters. The number of nitrogens with one attached hydrogen (secondary N) is 1. The molecule has 0 saturated heterocycles. The summed E-state index contributed by atoms with van der Waals surface area (Å²) in [5.74, 6) is 0.794. The molecule has 1 aromatic rings. The fraction of sp³-hybridized carbons (Fsp3) is 0.545. The van der Waals surface area contributed by atoms with Crippen LogP contribution in [0.2, 0.25) is 0 Å². The van der Waals surface area contributed by atoms with Gasteiger partial charge in [0.2, 0.25) is 0 Å². The lowest BCUT2D eigenvalue weighted by atomic mass is 10.2. The summed E-state index contributed by atoms with van der Waals surface area (Å²) < 4.78 is 9.99. The summed E-state index contributed by atoms with van der Waals surface area (Å²) in [6.45, 7) is 4.36. The van der Waals surface area contributed by atoms with E-state index in [1.54, 1.807) is 19.9 Å². The summed E-state index contributed by atoms with van der Waals surface area (Å²) in [4.78, 5) is 11.3. The van der Waals surface area contributed by atoms with E-state index in [2.05, 4.69) is 10.1 Å². The fourth-order valence-electron chi connectivity index (χ4n) is 1.35. The number of carbonyl (C=O) groups is 1. The second-order valence-corrected chi connectivity index (χ2v) is 3.65. The van der Waals surface area contributed by atoms with E-state index in [0.717, 1.165) is 0 Å². The maximum absolute atomic E-state index is 11.3. The predicted molar refractivity (Wildman–Crippen MR) is 58.2 cm³/mol. The van der Waals surface area contributed by atoms with Crippen molar-refractivity contribution in [2.24, 2.45) is 0 Å². The summed E-state index contributed by atoms with van der Waals surface area (Å²) in [5.41, 5.74) is 0.441. The van der Waals surface area contributed by atoms with Gasteiger partial charge in [-0.2, -0.15) is 0 Å². The molecule has 90 valence electrons. The van der Waals surface area contributed by atoms with E-state index in [1.165, 1.54) is 7.11 Å². The van der Waals surface area contributed by atoms with Crippen molar-refractivity contribution in [3.8, 4) is 0 Å². The number of aliphatic hydroxyl groups is 1. The molecule has 0 spiro atoms. The number of esters is 1. The van der Waals surface area contributed by atoms with Crippen molar-refractivity contribution in [2.75, 3.05) is 13.7 Å². The Labute approximate surface area is 94.4 Å². The minimum Gasteiger partial charge on any atom is -0.465 e. The van der Waals surface area contributed by atoms with Crippen LogP contribution in [0.1, 0.15) is 28.8 Å². The Morgan fingerprint density at radius 1 is 1.69 bits per heavy atom. The van der Waals surface area contributed by atoms with Crippen molar-refractivity contribution in [1.29, 1.82) is 0 Å². The first-order chi connectivity index (χ1) is 7.54. The molecule has 5 nitrogen and oxygen atoms in total. The van der Waals surface area contributed by atoms with E-state index in [4.69, 9.17) is 9.52 Å². The molecule has 0 bridgehead atoms. The molecule has 0 aliphatic heterocycles. The molecule has 1 atom stereocenters. The molecule has 16 heavy (non-hydrogen) atoms. The van der Waals surface area contributed by atoms with Crippen LogP contribution in [0.4, 0.5) is 0 Å². The smallest absolute Gasteiger partial charge is 0.341 e. The van der Waals surface area contributed by atoms with E-state index >= 15 is 0 Å². The Morgan fingerprint density at radius 3 is 2.94 bits per heavy atom. The van der Waals surface area contributed by atoms with Crippen LogP contribution in [0.5, 0.6) is 0 Å². The highest BCUT2D eigenvalue weighted by Gasteiger charge is 2.14. The Bertz CT molecular complexity index is 357. The van der Waals surface area contributed by atoms with Crippen molar-refractivity contribution >= 4 is 5.97 Å². The van der Waals surface area contributed by atoms with E-state index in [9.17, 15) is 4.79 Å². The highest BCUT2D eigenvalue weighted by atomic mass is 16.5. The molecule has 0 fully saturated rings. The van der Waals surface area contributed by atoms with Crippen molar-refractivity contribution in [1.82, 2.24) is 5.32 Å². The van der Waals surface area contributed by atoms with Gasteiger partial charge in [-0.25, -0.2) is 4.79 Å². The van der Waals surface area contributed by atoms with Crippen LogP contribution in [-0.2, 0) is 11.3 Å². The second-order valence-electron chi connectivity index (χ2n) is 3.65. The Hall–Kier alpha value is -1.33. The minimum absolute atomic E-state index is 0.400. The highest BCUT2D eigenvalue weighted by molar-refractivity contribution is 5.90. The summed E-state index contributed by atoms with van der Waals surface area (Å²) in [6, 6.07) is 1.65. The van der Waals surface area contributed by atoms with Gasteiger partial charge in [-0.1, -0.05) is 0 Å². The molecule has 2 N–H and O–H groups in total. The average molecular weight is 227 g/mol. The first-order valence-electron chi connectivity index (χ1n) is 5.11. The number of methoxy groups -OCH3 is 1. The van der Waals surface area contributed by atoms with Crippen molar-refractivity contribution in [3.63, 3.8) is 0 Å². The number of furan rings is 1.